The molecule has 182 valence electrons. The van der Waals surface area contributed by atoms with Gasteiger partial charge in [0, 0.05) is 34.8 Å². The van der Waals surface area contributed by atoms with Gasteiger partial charge < -0.3 is 15.2 Å². The highest BCUT2D eigenvalue weighted by atomic mass is 79.9. The highest BCUT2D eigenvalue weighted by Crippen LogP contribution is 2.37. The van der Waals surface area contributed by atoms with Crippen LogP contribution in [0.5, 0.6) is 0 Å². The minimum absolute atomic E-state index is 0.0316. The fraction of sp³-hybridized carbons (Fsp3) is 0.409. The van der Waals surface area contributed by atoms with E-state index in [2.05, 4.69) is 31.2 Å². The van der Waals surface area contributed by atoms with Gasteiger partial charge >= 0.3 is 5.97 Å². The van der Waals surface area contributed by atoms with Crippen molar-refractivity contribution in [3.8, 4) is 0 Å². The number of ether oxygens (including phenoxy) is 1. The zero-order valence-corrected chi connectivity index (χ0v) is 20.5. The molecule has 2 aromatic rings. The summed E-state index contributed by atoms with van der Waals surface area (Å²) in [5.74, 6) is -4.03. The molecule has 0 radical (unpaired) electrons. The van der Waals surface area contributed by atoms with Crippen molar-refractivity contribution in [3.63, 3.8) is 0 Å². The third-order valence-electron chi connectivity index (χ3n) is 5.54. The SMILES string of the molecule is CCOC(=O)C1=C(CN2CCC(O)C(F)(F)C2)NC(c2nccs2)=N[C@H]1c1ccc(F)cc1Br. The van der Waals surface area contributed by atoms with Crippen LogP contribution >= 0.6 is 27.3 Å². The molecule has 1 aromatic heterocycles. The summed E-state index contributed by atoms with van der Waals surface area (Å²) in [6.45, 7) is 1.28. The van der Waals surface area contributed by atoms with E-state index >= 15 is 0 Å². The number of benzene rings is 1. The van der Waals surface area contributed by atoms with Crippen LogP contribution in [-0.4, -0.2) is 65.1 Å². The number of aliphatic hydroxyl groups excluding tert-OH is 1. The van der Waals surface area contributed by atoms with E-state index in [0.29, 0.717) is 26.6 Å². The predicted octanol–water partition coefficient (Wildman–Crippen LogP) is 3.65. The van der Waals surface area contributed by atoms with Gasteiger partial charge in [0.1, 0.15) is 18.0 Å². The standard InChI is InChI=1S/C22H22BrF3N4O3S/c1-2-33-21(32)17-15(10-30-7-5-16(31)22(25,26)11-30)28-19(20-27-6-8-34-20)29-18(17)13-4-3-12(24)9-14(13)23/h3-4,6,8-9,16,18,31H,2,5,7,10-11H2,1H3,(H,28,29)/t16?,18-/m0/s1. The summed E-state index contributed by atoms with van der Waals surface area (Å²) in [6.07, 6.45) is -0.212. The average Bonchev–Trinajstić information content (AvgIpc) is 3.31. The number of hydrogen-bond donors (Lipinski definition) is 2. The Labute approximate surface area is 206 Å². The molecule has 12 heteroatoms. The molecule has 0 aliphatic carbocycles. The summed E-state index contributed by atoms with van der Waals surface area (Å²) in [4.78, 5) is 23.5. The lowest BCUT2D eigenvalue weighted by molar-refractivity contribution is -0.148. The third kappa shape index (κ3) is 5.19. The number of esters is 1. The van der Waals surface area contributed by atoms with Gasteiger partial charge in [-0.2, -0.15) is 0 Å². The fourth-order valence-electron chi connectivity index (χ4n) is 3.92. The Kier molecular flexibility index (Phi) is 7.41. The smallest absolute Gasteiger partial charge is 0.338 e. The molecular formula is C22H22BrF3N4O3S. The Bertz CT molecular complexity index is 1130. The molecule has 7 nitrogen and oxygen atoms in total. The second kappa shape index (κ2) is 10.1. The number of halogens is 4. The van der Waals surface area contributed by atoms with Crippen LogP contribution in [0.3, 0.4) is 0 Å². The van der Waals surface area contributed by atoms with Crippen molar-refractivity contribution in [1.29, 1.82) is 0 Å². The number of thiazole rings is 1. The molecular weight excluding hydrogens is 537 g/mol. The van der Waals surface area contributed by atoms with Crippen LogP contribution < -0.4 is 5.32 Å². The number of aliphatic hydroxyl groups is 1. The number of piperidine rings is 1. The number of alkyl halides is 2. The van der Waals surface area contributed by atoms with Gasteiger partial charge in [0.05, 0.1) is 18.7 Å². The van der Waals surface area contributed by atoms with Crippen molar-refractivity contribution >= 4 is 39.1 Å². The first kappa shape index (κ1) is 24.8. The lowest BCUT2D eigenvalue weighted by atomic mass is 9.94. The van der Waals surface area contributed by atoms with Crippen LogP contribution in [0.1, 0.15) is 30.0 Å². The number of aromatic nitrogens is 1. The first-order chi connectivity index (χ1) is 16.2. The van der Waals surface area contributed by atoms with Crippen LogP contribution in [0.25, 0.3) is 0 Å². The van der Waals surface area contributed by atoms with Gasteiger partial charge in [0.2, 0.25) is 0 Å². The molecule has 0 saturated carbocycles. The van der Waals surface area contributed by atoms with Crippen molar-refractivity contribution in [3.05, 3.63) is 61.9 Å². The van der Waals surface area contributed by atoms with E-state index in [1.54, 1.807) is 18.5 Å². The Balaban J connectivity index is 1.80. The normalized spacial score (nSPS) is 22.8. The van der Waals surface area contributed by atoms with E-state index in [9.17, 15) is 23.1 Å². The van der Waals surface area contributed by atoms with Crippen molar-refractivity contribution in [2.45, 2.75) is 31.4 Å². The second-order valence-corrected chi connectivity index (χ2v) is 9.65. The van der Waals surface area contributed by atoms with Crippen LogP contribution in [0.15, 0.2) is 50.5 Å². The summed E-state index contributed by atoms with van der Waals surface area (Å²) < 4.78 is 47.9. The van der Waals surface area contributed by atoms with Gasteiger partial charge in [-0.3, -0.25) is 9.89 Å². The summed E-state index contributed by atoms with van der Waals surface area (Å²) >= 11 is 4.67. The minimum Gasteiger partial charge on any atom is -0.463 e. The Morgan fingerprint density at radius 2 is 2.24 bits per heavy atom. The zero-order valence-electron chi connectivity index (χ0n) is 18.1. The Hall–Kier alpha value is -2.28. The van der Waals surface area contributed by atoms with E-state index in [-0.39, 0.29) is 31.7 Å². The number of hydrogen-bond acceptors (Lipinski definition) is 8. The molecule has 1 saturated heterocycles. The number of carbonyl (C=O) groups excluding carboxylic acids is 1. The molecule has 2 N–H and O–H groups in total. The molecule has 0 amide bonds. The third-order valence-corrected chi connectivity index (χ3v) is 7.00. The van der Waals surface area contributed by atoms with Crippen LogP contribution in [-0.2, 0) is 9.53 Å². The van der Waals surface area contributed by atoms with Crippen molar-refractivity contribution in [1.82, 2.24) is 15.2 Å². The van der Waals surface area contributed by atoms with Crippen molar-refractivity contribution in [2.24, 2.45) is 4.99 Å². The number of rotatable bonds is 6. The van der Waals surface area contributed by atoms with E-state index in [1.807, 2.05) is 0 Å². The minimum atomic E-state index is -3.27. The highest BCUT2D eigenvalue weighted by molar-refractivity contribution is 9.10. The van der Waals surface area contributed by atoms with E-state index in [0.717, 1.165) is 0 Å². The van der Waals surface area contributed by atoms with Gasteiger partial charge in [0.15, 0.2) is 10.8 Å². The maximum absolute atomic E-state index is 14.2. The van der Waals surface area contributed by atoms with E-state index in [1.165, 1.54) is 34.4 Å². The predicted molar refractivity (Wildman–Crippen MR) is 124 cm³/mol. The topological polar surface area (TPSA) is 87.0 Å². The number of amidine groups is 1. The molecule has 1 aromatic carbocycles. The number of aliphatic imine (C=N–C) groups is 1. The second-order valence-electron chi connectivity index (χ2n) is 7.90. The maximum atomic E-state index is 14.2. The lowest BCUT2D eigenvalue weighted by Crippen LogP contribution is -2.53. The van der Waals surface area contributed by atoms with Gasteiger partial charge in [-0.25, -0.2) is 22.9 Å². The summed E-state index contributed by atoms with van der Waals surface area (Å²) in [5.41, 5.74) is 0.993. The molecule has 0 bridgehead atoms. The molecule has 4 rings (SSSR count). The van der Waals surface area contributed by atoms with Crippen LogP contribution in [0.4, 0.5) is 13.2 Å². The molecule has 0 spiro atoms. The van der Waals surface area contributed by atoms with E-state index in [4.69, 9.17) is 4.74 Å². The zero-order chi connectivity index (χ0) is 24.5. The molecule has 2 aliphatic heterocycles. The van der Waals surface area contributed by atoms with Crippen molar-refractivity contribution < 1.29 is 27.8 Å². The first-order valence-corrected chi connectivity index (χ1v) is 12.2. The van der Waals surface area contributed by atoms with Gasteiger partial charge in [-0.15, -0.1) is 11.3 Å². The maximum Gasteiger partial charge on any atom is 0.338 e. The van der Waals surface area contributed by atoms with Crippen molar-refractivity contribution in [2.75, 3.05) is 26.2 Å². The Morgan fingerprint density at radius 3 is 2.88 bits per heavy atom. The lowest BCUT2D eigenvalue weighted by Gasteiger charge is -2.37. The quantitative estimate of drug-likeness (QED) is 0.526. The summed E-state index contributed by atoms with van der Waals surface area (Å²) in [7, 11) is 0. The molecule has 2 aliphatic rings. The molecule has 2 atom stereocenters. The average molecular weight is 559 g/mol. The number of nitrogens with one attached hydrogen (secondary N) is 1. The molecule has 3 heterocycles. The molecule has 1 unspecified atom stereocenters. The largest absolute Gasteiger partial charge is 0.463 e. The fourth-order valence-corrected chi connectivity index (χ4v) is 5.08. The summed E-state index contributed by atoms with van der Waals surface area (Å²) in [6, 6.07) is 3.15. The number of nitrogens with zero attached hydrogens (tertiary/aromatic N) is 3. The van der Waals surface area contributed by atoms with E-state index < -0.39 is 36.4 Å². The first-order valence-electron chi connectivity index (χ1n) is 10.6. The van der Waals surface area contributed by atoms with Gasteiger partial charge in [-0.05, 0) is 31.0 Å². The monoisotopic (exact) mass is 558 g/mol. The van der Waals surface area contributed by atoms with Gasteiger partial charge in [-0.1, -0.05) is 22.0 Å². The number of carbonyl (C=O) groups is 1. The molecule has 1 fully saturated rings. The number of likely N-dealkylation sites (tertiary alicyclic amines) is 1. The molecule has 34 heavy (non-hydrogen) atoms. The highest BCUT2D eigenvalue weighted by Gasteiger charge is 2.44. The van der Waals surface area contributed by atoms with Crippen LogP contribution in [0, 0.1) is 5.82 Å². The Morgan fingerprint density at radius 1 is 1.44 bits per heavy atom. The van der Waals surface area contributed by atoms with Crippen LogP contribution in [0.2, 0.25) is 0 Å². The van der Waals surface area contributed by atoms with Gasteiger partial charge in [0.25, 0.3) is 5.92 Å². The summed E-state index contributed by atoms with van der Waals surface area (Å²) in [5, 5.41) is 15.0.